The molecule has 1 fully saturated rings. The first kappa shape index (κ1) is 34.2. The molecule has 0 spiro atoms. The molecule has 0 bridgehead atoms. The van der Waals surface area contributed by atoms with Crippen LogP contribution in [0.25, 0.3) is 0 Å². The smallest absolute Gasteiger partial charge is 0.299 e. The van der Waals surface area contributed by atoms with E-state index in [1.54, 1.807) is 83.3 Å². The van der Waals surface area contributed by atoms with Gasteiger partial charge in [0.2, 0.25) is 17.9 Å². The number of benzene rings is 2. The molecule has 248 valence electrons. The van der Waals surface area contributed by atoms with E-state index in [-0.39, 0.29) is 23.8 Å². The van der Waals surface area contributed by atoms with Gasteiger partial charge in [-0.3, -0.25) is 24.3 Å². The molecule has 1 saturated heterocycles. The van der Waals surface area contributed by atoms with Crippen LogP contribution in [-0.4, -0.2) is 82.0 Å². The lowest BCUT2D eigenvalue weighted by Gasteiger charge is -2.26. The fourth-order valence-electron chi connectivity index (χ4n) is 5.09. The van der Waals surface area contributed by atoms with E-state index < -0.39 is 15.6 Å². The van der Waals surface area contributed by atoms with Crippen LogP contribution in [-0.2, 0) is 39.8 Å². The quantitative estimate of drug-likeness (QED) is 0.206. The molecule has 1 aliphatic heterocycles. The summed E-state index contributed by atoms with van der Waals surface area (Å²) < 4.78 is 26.5. The number of rotatable bonds is 9. The summed E-state index contributed by atoms with van der Waals surface area (Å²) in [4.78, 5) is 45.1. The molecule has 1 aliphatic rings. The van der Waals surface area contributed by atoms with Crippen LogP contribution in [0.4, 0.5) is 5.69 Å². The highest BCUT2D eigenvalue weighted by Crippen LogP contribution is 2.17. The number of imidazole rings is 1. The molecule has 1 unspecified atom stereocenters. The lowest BCUT2D eigenvalue weighted by atomic mass is 10.1. The van der Waals surface area contributed by atoms with Crippen LogP contribution in [0.2, 0.25) is 0 Å². The molecule has 0 saturated carbocycles. The highest BCUT2D eigenvalue weighted by molar-refractivity contribution is 7.93. The highest BCUT2D eigenvalue weighted by Gasteiger charge is 2.18. The molecule has 0 aliphatic carbocycles. The number of morpholine rings is 1. The van der Waals surface area contributed by atoms with Crippen LogP contribution in [0.5, 0.6) is 0 Å². The third-order valence-electron chi connectivity index (χ3n) is 7.56. The van der Waals surface area contributed by atoms with E-state index in [0.29, 0.717) is 52.7 Å². The summed E-state index contributed by atoms with van der Waals surface area (Å²) in [6.07, 6.45) is 7.91. The molecule has 2 aromatic carbocycles. The van der Waals surface area contributed by atoms with E-state index in [1.165, 1.54) is 18.6 Å². The second kappa shape index (κ2) is 15.6. The van der Waals surface area contributed by atoms with Crippen LogP contribution in [0.1, 0.15) is 37.5 Å². The third-order valence-corrected chi connectivity index (χ3v) is 9.21. The first-order valence-electron chi connectivity index (χ1n) is 15.4. The van der Waals surface area contributed by atoms with Crippen molar-refractivity contribution in [3.05, 3.63) is 107 Å². The average molecular weight is 669 g/mol. The Labute approximate surface area is 280 Å². The molecule has 2 N–H and O–H groups in total. The van der Waals surface area contributed by atoms with Gasteiger partial charge in [0.05, 0.1) is 49.0 Å². The summed E-state index contributed by atoms with van der Waals surface area (Å²) in [5.41, 5.74) is 3.02. The van der Waals surface area contributed by atoms with Crippen molar-refractivity contribution < 1.29 is 27.9 Å². The van der Waals surface area contributed by atoms with Gasteiger partial charge >= 0.3 is 0 Å². The largest absolute Gasteiger partial charge is 0.379 e. The van der Waals surface area contributed by atoms with Crippen LogP contribution in [0.15, 0.2) is 88.8 Å². The van der Waals surface area contributed by atoms with Crippen LogP contribution in [0, 0.1) is 11.8 Å². The summed E-state index contributed by atoms with van der Waals surface area (Å²) in [5.74, 6) is 4.94. The maximum absolute atomic E-state index is 13.6. The Balaban J connectivity index is 1.22. The first-order valence-corrected chi connectivity index (χ1v) is 17.3. The Bertz CT molecular complexity index is 2010. The zero-order chi connectivity index (χ0) is 34.1. The summed E-state index contributed by atoms with van der Waals surface area (Å²) in [5, 5.41) is 5.81. The number of nitrogens with zero attached hydrogens (tertiary/aromatic N) is 5. The molecule has 2 aromatic heterocycles. The Hall–Kier alpha value is -5.16. The topological polar surface area (TPSA) is 139 Å². The van der Waals surface area contributed by atoms with Crippen molar-refractivity contribution in [2.75, 3.05) is 51.0 Å². The molecule has 13 heteroatoms. The summed E-state index contributed by atoms with van der Waals surface area (Å²) in [6, 6.07) is 15.4. The number of carbonyl (C=O) groups excluding carboxylic acids is 3. The maximum atomic E-state index is 13.6. The molecule has 0 radical (unpaired) electrons. The Morgan fingerprint density at radius 2 is 1.81 bits per heavy atom. The second-order valence-electron chi connectivity index (χ2n) is 11.5. The molecule has 4 aromatic rings. The van der Waals surface area contributed by atoms with Gasteiger partial charge in [-0.25, -0.2) is 13.3 Å². The van der Waals surface area contributed by atoms with Crippen LogP contribution < -0.4 is 15.2 Å². The third kappa shape index (κ3) is 9.45. The summed E-state index contributed by atoms with van der Waals surface area (Å²) in [7, 11) is 0.514. The number of amides is 3. The second-order valence-corrected chi connectivity index (χ2v) is 13.7. The molecular formula is C35H38N7O5S+. The fraction of sp³-hybridized carbons (Fsp3) is 0.286. The molecule has 3 heterocycles. The van der Waals surface area contributed by atoms with E-state index >= 15 is 0 Å². The molecular weight excluding hydrogens is 630 g/mol. The van der Waals surface area contributed by atoms with E-state index in [4.69, 9.17) is 4.74 Å². The number of ether oxygens (including phenoxy) is 1. The standard InChI is InChI=1S/C35H37N7O5S/c1-40-24-32(41(2)25-40)35(45)38-30-8-4-6-26(19-30)10-11-28-18-29(23-36-22-28)34(44)39-48(3,46)31-9-5-7-27(20-31)21-33(43)37-12-13-42-14-16-47-17-15-42/h4-9,18-20,22-25H,12-17,21H2,1-3H3,(H-,37,38,43,45)/p+1. The average Bonchev–Trinajstić information content (AvgIpc) is 3.42. The zero-order valence-electron chi connectivity index (χ0n) is 27.1. The lowest BCUT2D eigenvalue weighted by Crippen LogP contribution is -2.41. The lowest BCUT2D eigenvalue weighted by molar-refractivity contribution is -0.671. The fourth-order valence-corrected chi connectivity index (χ4v) is 6.32. The molecule has 12 nitrogen and oxygen atoms in total. The van der Waals surface area contributed by atoms with Gasteiger partial charge in [-0.05, 0) is 42.0 Å². The SMILES string of the molecule is Cn1c[n+](C)cc1C(=O)Nc1cccc(C#Cc2cncc(C(=O)N=S(C)(=O)c3cccc(CC(=O)NCCN4CCOCC4)c3)c2)c1. The maximum Gasteiger partial charge on any atom is 0.299 e. The van der Waals surface area contributed by atoms with E-state index in [1.807, 2.05) is 7.05 Å². The summed E-state index contributed by atoms with van der Waals surface area (Å²) >= 11 is 0. The van der Waals surface area contributed by atoms with Gasteiger partial charge < -0.3 is 15.4 Å². The number of aryl methyl sites for hydroxylation is 2. The van der Waals surface area contributed by atoms with Gasteiger partial charge in [0.1, 0.15) is 6.20 Å². The van der Waals surface area contributed by atoms with Gasteiger partial charge in [-0.15, -0.1) is 0 Å². The first-order chi connectivity index (χ1) is 23.1. The van der Waals surface area contributed by atoms with Gasteiger partial charge in [0.25, 0.3) is 11.8 Å². The van der Waals surface area contributed by atoms with Crippen LogP contribution in [0.3, 0.4) is 0 Å². The van der Waals surface area contributed by atoms with Crippen molar-refractivity contribution >= 4 is 33.1 Å². The van der Waals surface area contributed by atoms with Gasteiger partial charge in [-0.2, -0.15) is 4.36 Å². The number of aromatic nitrogens is 3. The minimum Gasteiger partial charge on any atom is -0.379 e. The Kier molecular flexibility index (Phi) is 11.1. The van der Waals surface area contributed by atoms with Crippen molar-refractivity contribution in [2.45, 2.75) is 11.3 Å². The predicted octanol–water partition coefficient (Wildman–Crippen LogP) is 2.18. The van der Waals surface area contributed by atoms with Crippen molar-refractivity contribution in [3.63, 3.8) is 0 Å². The minimum absolute atomic E-state index is 0.117. The van der Waals surface area contributed by atoms with Crippen molar-refractivity contribution in [2.24, 2.45) is 18.5 Å². The Morgan fingerprint density at radius 1 is 1.04 bits per heavy atom. The van der Waals surface area contributed by atoms with Crippen molar-refractivity contribution in [3.8, 4) is 11.8 Å². The van der Waals surface area contributed by atoms with Crippen LogP contribution >= 0.6 is 0 Å². The van der Waals surface area contributed by atoms with Gasteiger partial charge in [0.15, 0.2) is 0 Å². The monoisotopic (exact) mass is 668 g/mol. The van der Waals surface area contributed by atoms with Crippen molar-refractivity contribution in [1.29, 1.82) is 0 Å². The number of hydrogen-bond donors (Lipinski definition) is 2. The zero-order valence-corrected chi connectivity index (χ0v) is 28.0. The van der Waals surface area contributed by atoms with Gasteiger partial charge in [0, 0.05) is 66.5 Å². The van der Waals surface area contributed by atoms with E-state index in [9.17, 15) is 18.6 Å². The van der Waals surface area contributed by atoms with Crippen molar-refractivity contribution in [1.82, 2.24) is 19.8 Å². The number of carbonyl (C=O) groups is 3. The highest BCUT2D eigenvalue weighted by atomic mass is 32.2. The number of anilines is 1. The predicted molar refractivity (Wildman–Crippen MR) is 181 cm³/mol. The molecule has 5 rings (SSSR count). The van der Waals surface area contributed by atoms with Gasteiger partial charge in [-0.1, -0.05) is 30.0 Å². The van der Waals surface area contributed by atoms with E-state index in [2.05, 4.69) is 36.7 Å². The number of hydrogen-bond acceptors (Lipinski definition) is 7. The van der Waals surface area contributed by atoms with E-state index in [0.717, 1.165) is 19.6 Å². The number of nitrogens with one attached hydrogen (secondary N) is 2. The number of pyridine rings is 1. The Morgan fingerprint density at radius 3 is 2.58 bits per heavy atom. The molecule has 1 atom stereocenters. The summed E-state index contributed by atoms with van der Waals surface area (Å²) in [6.45, 7) is 4.39. The minimum atomic E-state index is -3.13. The molecule has 3 amide bonds. The normalized spacial score (nSPS) is 14.2. The molecule has 48 heavy (non-hydrogen) atoms.